The highest BCUT2D eigenvalue weighted by Gasteiger charge is 2.13. The number of nitrogens with one attached hydrogen (secondary N) is 1. The Morgan fingerprint density at radius 2 is 1.94 bits per heavy atom. The molecule has 2 rings (SSSR count). The van der Waals surface area contributed by atoms with Crippen molar-refractivity contribution in [1.82, 2.24) is 5.32 Å². The average molecular weight is 246 g/mol. The number of anilines is 1. The van der Waals surface area contributed by atoms with Crippen LogP contribution in [0.1, 0.15) is 48.9 Å². The first-order valence-electron chi connectivity index (χ1n) is 6.88. The Morgan fingerprint density at radius 3 is 2.61 bits per heavy atom. The quantitative estimate of drug-likeness (QED) is 0.488. The maximum Gasteiger partial charge on any atom is 0.176 e. The van der Waals surface area contributed by atoms with E-state index < -0.39 is 0 Å². The molecule has 0 amide bonds. The highest BCUT2D eigenvalue weighted by atomic mass is 16.1. The molecular formula is C15H22N2O. The lowest BCUT2D eigenvalue weighted by molar-refractivity contribution is 0.0986. The number of benzene rings is 1. The SMILES string of the molecule is Nc1cccc(C(=O)CNC2CCCCCC2)c1. The minimum absolute atomic E-state index is 0.131. The maximum atomic E-state index is 12.0. The Morgan fingerprint density at radius 1 is 1.22 bits per heavy atom. The van der Waals surface area contributed by atoms with Crippen molar-refractivity contribution < 1.29 is 4.79 Å². The summed E-state index contributed by atoms with van der Waals surface area (Å²) in [5, 5.41) is 3.39. The first-order valence-corrected chi connectivity index (χ1v) is 6.88. The second kappa shape index (κ2) is 6.55. The number of hydrogen-bond acceptors (Lipinski definition) is 3. The molecule has 1 aliphatic carbocycles. The third kappa shape index (κ3) is 3.84. The Bertz CT molecular complexity index is 395. The molecule has 0 heterocycles. The van der Waals surface area contributed by atoms with Crippen molar-refractivity contribution in [2.24, 2.45) is 0 Å². The Kier molecular flexibility index (Phi) is 4.76. The van der Waals surface area contributed by atoms with E-state index in [0.29, 0.717) is 23.8 Å². The van der Waals surface area contributed by atoms with Crippen molar-refractivity contribution in [3.63, 3.8) is 0 Å². The fourth-order valence-corrected chi connectivity index (χ4v) is 2.53. The molecule has 18 heavy (non-hydrogen) atoms. The lowest BCUT2D eigenvalue weighted by Crippen LogP contribution is -2.33. The Hall–Kier alpha value is -1.35. The van der Waals surface area contributed by atoms with Crippen LogP contribution < -0.4 is 11.1 Å². The molecule has 98 valence electrons. The third-order valence-electron chi connectivity index (χ3n) is 3.62. The molecule has 1 fully saturated rings. The Labute approximate surface area is 109 Å². The van der Waals surface area contributed by atoms with Crippen LogP contribution >= 0.6 is 0 Å². The van der Waals surface area contributed by atoms with E-state index in [-0.39, 0.29) is 5.78 Å². The van der Waals surface area contributed by atoms with Crippen LogP contribution in [0.25, 0.3) is 0 Å². The molecule has 0 unspecified atom stereocenters. The van der Waals surface area contributed by atoms with Crippen molar-refractivity contribution in [3.8, 4) is 0 Å². The molecule has 1 aliphatic rings. The zero-order valence-electron chi connectivity index (χ0n) is 10.8. The molecule has 3 heteroatoms. The van der Waals surface area contributed by atoms with Gasteiger partial charge in [-0.15, -0.1) is 0 Å². The zero-order chi connectivity index (χ0) is 12.8. The number of Topliss-reactive ketones (excluding diaryl/α,β-unsaturated/α-hetero) is 1. The summed E-state index contributed by atoms with van der Waals surface area (Å²) in [4.78, 5) is 12.0. The van der Waals surface area contributed by atoms with E-state index in [1.54, 1.807) is 12.1 Å². The van der Waals surface area contributed by atoms with Gasteiger partial charge in [0.1, 0.15) is 0 Å². The molecule has 0 spiro atoms. The number of nitrogen functional groups attached to an aromatic ring is 1. The minimum Gasteiger partial charge on any atom is -0.399 e. The van der Waals surface area contributed by atoms with Crippen LogP contribution in [0, 0.1) is 0 Å². The van der Waals surface area contributed by atoms with E-state index in [1.807, 2.05) is 12.1 Å². The van der Waals surface area contributed by atoms with Gasteiger partial charge in [-0.2, -0.15) is 0 Å². The van der Waals surface area contributed by atoms with Crippen LogP contribution in [0.2, 0.25) is 0 Å². The van der Waals surface area contributed by atoms with Gasteiger partial charge in [-0.25, -0.2) is 0 Å². The summed E-state index contributed by atoms with van der Waals surface area (Å²) in [5.74, 6) is 0.131. The fourth-order valence-electron chi connectivity index (χ4n) is 2.53. The molecule has 0 aliphatic heterocycles. The molecule has 0 bridgehead atoms. The van der Waals surface area contributed by atoms with Gasteiger partial charge in [-0.1, -0.05) is 37.8 Å². The monoisotopic (exact) mass is 246 g/mol. The third-order valence-corrected chi connectivity index (χ3v) is 3.62. The molecule has 3 nitrogen and oxygen atoms in total. The van der Waals surface area contributed by atoms with Gasteiger partial charge in [0.15, 0.2) is 5.78 Å². The summed E-state index contributed by atoms with van der Waals surface area (Å²) in [6.07, 6.45) is 7.63. The lowest BCUT2D eigenvalue weighted by atomic mass is 10.1. The summed E-state index contributed by atoms with van der Waals surface area (Å²) in [6, 6.07) is 7.71. The van der Waals surface area contributed by atoms with Gasteiger partial charge < -0.3 is 11.1 Å². The molecular weight excluding hydrogens is 224 g/mol. The summed E-state index contributed by atoms with van der Waals surface area (Å²) in [6.45, 7) is 0.425. The molecule has 1 aromatic carbocycles. The highest BCUT2D eigenvalue weighted by Crippen LogP contribution is 2.17. The van der Waals surface area contributed by atoms with Crippen molar-refractivity contribution in [1.29, 1.82) is 0 Å². The smallest absolute Gasteiger partial charge is 0.176 e. The number of rotatable bonds is 4. The summed E-state index contributed by atoms with van der Waals surface area (Å²) >= 11 is 0. The van der Waals surface area contributed by atoms with Gasteiger partial charge in [0.2, 0.25) is 0 Å². The number of nitrogens with two attached hydrogens (primary N) is 1. The zero-order valence-corrected chi connectivity index (χ0v) is 10.8. The first kappa shape index (κ1) is 13.1. The molecule has 0 saturated heterocycles. The molecule has 1 saturated carbocycles. The fraction of sp³-hybridized carbons (Fsp3) is 0.533. The van der Waals surface area contributed by atoms with E-state index >= 15 is 0 Å². The summed E-state index contributed by atoms with van der Waals surface area (Å²) in [7, 11) is 0. The van der Waals surface area contributed by atoms with Crippen molar-refractivity contribution in [3.05, 3.63) is 29.8 Å². The molecule has 1 aromatic rings. The second-order valence-electron chi connectivity index (χ2n) is 5.12. The van der Waals surface area contributed by atoms with Gasteiger partial charge in [0.25, 0.3) is 0 Å². The standard InChI is InChI=1S/C15H22N2O/c16-13-7-5-6-12(10-13)15(18)11-17-14-8-3-1-2-4-9-14/h5-7,10,14,17H,1-4,8-9,11,16H2. The number of carbonyl (C=O) groups is 1. The Balaban J connectivity index is 1.84. The highest BCUT2D eigenvalue weighted by molar-refractivity contribution is 5.98. The maximum absolute atomic E-state index is 12.0. The molecule has 0 atom stereocenters. The van der Waals surface area contributed by atoms with E-state index in [9.17, 15) is 4.79 Å². The van der Waals surface area contributed by atoms with Crippen LogP contribution in [0.15, 0.2) is 24.3 Å². The number of ketones is 1. The van der Waals surface area contributed by atoms with Crippen molar-refractivity contribution in [2.45, 2.75) is 44.6 Å². The number of hydrogen-bond donors (Lipinski definition) is 2. The largest absolute Gasteiger partial charge is 0.399 e. The first-order chi connectivity index (χ1) is 8.75. The van der Waals surface area contributed by atoms with E-state index in [4.69, 9.17) is 5.73 Å². The van der Waals surface area contributed by atoms with Gasteiger partial charge in [0, 0.05) is 17.3 Å². The van der Waals surface area contributed by atoms with Gasteiger partial charge in [-0.05, 0) is 25.0 Å². The van der Waals surface area contributed by atoms with Crippen LogP contribution in [-0.4, -0.2) is 18.4 Å². The van der Waals surface area contributed by atoms with Crippen LogP contribution in [0.4, 0.5) is 5.69 Å². The van der Waals surface area contributed by atoms with Crippen LogP contribution in [0.3, 0.4) is 0 Å². The van der Waals surface area contributed by atoms with Gasteiger partial charge >= 0.3 is 0 Å². The lowest BCUT2D eigenvalue weighted by Gasteiger charge is -2.15. The van der Waals surface area contributed by atoms with Gasteiger partial charge in [0.05, 0.1) is 6.54 Å². The summed E-state index contributed by atoms with van der Waals surface area (Å²) in [5.41, 5.74) is 7.04. The van der Waals surface area contributed by atoms with E-state index in [1.165, 1.54) is 38.5 Å². The predicted molar refractivity (Wildman–Crippen MR) is 74.7 cm³/mol. The predicted octanol–water partition coefficient (Wildman–Crippen LogP) is 2.76. The van der Waals surface area contributed by atoms with Crippen molar-refractivity contribution >= 4 is 11.5 Å². The van der Waals surface area contributed by atoms with Gasteiger partial charge in [-0.3, -0.25) is 4.79 Å². The van der Waals surface area contributed by atoms with Crippen LogP contribution in [0.5, 0.6) is 0 Å². The van der Waals surface area contributed by atoms with E-state index in [0.717, 1.165) is 0 Å². The average Bonchev–Trinajstić information content (AvgIpc) is 2.64. The second-order valence-corrected chi connectivity index (χ2v) is 5.12. The molecule has 0 aromatic heterocycles. The minimum atomic E-state index is 0.131. The van der Waals surface area contributed by atoms with E-state index in [2.05, 4.69) is 5.32 Å². The molecule has 3 N–H and O–H groups in total. The number of carbonyl (C=O) groups excluding carboxylic acids is 1. The topological polar surface area (TPSA) is 55.1 Å². The summed E-state index contributed by atoms with van der Waals surface area (Å²) < 4.78 is 0. The normalized spacial score (nSPS) is 17.3. The van der Waals surface area contributed by atoms with Crippen molar-refractivity contribution in [2.75, 3.05) is 12.3 Å². The molecule has 0 radical (unpaired) electrons. The van der Waals surface area contributed by atoms with Crippen LogP contribution in [-0.2, 0) is 0 Å².